The Kier molecular flexibility index (Phi) is 3.46. The molecule has 0 unspecified atom stereocenters. The Labute approximate surface area is 106 Å². The number of carbonyl (C=O) groups excluding carboxylic acids is 1. The number of ketones is 1. The molecule has 0 saturated carbocycles. The van der Waals surface area contributed by atoms with Gasteiger partial charge >= 0.3 is 0 Å². The molecule has 0 bridgehead atoms. The van der Waals surface area contributed by atoms with Crippen LogP contribution in [-0.4, -0.2) is 15.6 Å². The molecule has 1 heterocycles. The van der Waals surface area contributed by atoms with Crippen LogP contribution in [-0.2, 0) is 13.0 Å². The van der Waals surface area contributed by atoms with E-state index < -0.39 is 0 Å². The first-order valence-corrected chi connectivity index (χ1v) is 6.03. The SMILES string of the molecule is CCn1nc(C)cc1CC(=O)c1ccccc1N. The third-order valence-corrected chi connectivity index (χ3v) is 2.89. The van der Waals surface area contributed by atoms with Gasteiger partial charge in [0.1, 0.15) is 0 Å². The lowest BCUT2D eigenvalue weighted by molar-refractivity contribution is 0.0991. The number of anilines is 1. The van der Waals surface area contributed by atoms with E-state index in [1.165, 1.54) is 0 Å². The zero-order chi connectivity index (χ0) is 13.1. The molecule has 1 aromatic carbocycles. The zero-order valence-electron chi connectivity index (χ0n) is 10.7. The number of hydrogen-bond acceptors (Lipinski definition) is 3. The summed E-state index contributed by atoms with van der Waals surface area (Å²) in [5.74, 6) is 0.0303. The van der Waals surface area contributed by atoms with Gasteiger partial charge in [-0.1, -0.05) is 12.1 Å². The molecule has 18 heavy (non-hydrogen) atoms. The third-order valence-electron chi connectivity index (χ3n) is 2.89. The Hall–Kier alpha value is -2.10. The lowest BCUT2D eigenvalue weighted by atomic mass is 10.0. The number of aryl methyl sites for hydroxylation is 2. The highest BCUT2D eigenvalue weighted by molar-refractivity contribution is 6.01. The predicted octanol–water partition coefficient (Wildman–Crippen LogP) is 2.22. The molecule has 0 aliphatic carbocycles. The van der Waals surface area contributed by atoms with Gasteiger partial charge < -0.3 is 5.73 Å². The molecule has 0 atom stereocenters. The molecule has 0 fully saturated rings. The van der Waals surface area contributed by atoms with Gasteiger partial charge in [-0.05, 0) is 32.0 Å². The van der Waals surface area contributed by atoms with Crippen LogP contribution in [0.5, 0.6) is 0 Å². The fourth-order valence-electron chi connectivity index (χ4n) is 2.03. The van der Waals surface area contributed by atoms with Crippen molar-refractivity contribution in [3.8, 4) is 0 Å². The number of aromatic nitrogens is 2. The number of hydrogen-bond donors (Lipinski definition) is 1. The van der Waals surface area contributed by atoms with Crippen molar-refractivity contribution >= 4 is 11.5 Å². The number of nitrogens with zero attached hydrogens (tertiary/aromatic N) is 2. The molecule has 1 aromatic heterocycles. The second-order valence-electron chi connectivity index (χ2n) is 4.28. The van der Waals surface area contributed by atoms with Crippen molar-refractivity contribution in [1.29, 1.82) is 0 Å². The Bertz CT molecular complexity index is 572. The van der Waals surface area contributed by atoms with E-state index in [9.17, 15) is 4.79 Å². The average Bonchev–Trinajstić information content (AvgIpc) is 2.70. The minimum absolute atomic E-state index is 0.0303. The molecule has 4 nitrogen and oxygen atoms in total. The van der Waals surface area contributed by atoms with E-state index in [0.29, 0.717) is 17.7 Å². The molecule has 0 aliphatic heterocycles. The van der Waals surface area contributed by atoms with Crippen LogP contribution in [0.3, 0.4) is 0 Å². The maximum atomic E-state index is 12.2. The van der Waals surface area contributed by atoms with E-state index in [1.54, 1.807) is 12.1 Å². The molecule has 0 saturated heterocycles. The van der Waals surface area contributed by atoms with E-state index in [2.05, 4.69) is 5.10 Å². The molecule has 4 heteroatoms. The molecule has 2 aromatic rings. The summed E-state index contributed by atoms with van der Waals surface area (Å²) in [6.07, 6.45) is 0.336. The van der Waals surface area contributed by atoms with Gasteiger partial charge in [0.05, 0.1) is 12.1 Å². The minimum Gasteiger partial charge on any atom is -0.398 e. The smallest absolute Gasteiger partial charge is 0.170 e. The van der Waals surface area contributed by atoms with Crippen molar-refractivity contribution in [3.05, 3.63) is 47.3 Å². The summed E-state index contributed by atoms with van der Waals surface area (Å²) in [6, 6.07) is 9.10. The van der Waals surface area contributed by atoms with Crippen LogP contribution in [0.4, 0.5) is 5.69 Å². The van der Waals surface area contributed by atoms with E-state index >= 15 is 0 Å². The van der Waals surface area contributed by atoms with Gasteiger partial charge in [-0.15, -0.1) is 0 Å². The maximum Gasteiger partial charge on any atom is 0.170 e. The van der Waals surface area contributed by atoms with E-state index in [0.717, 1.165) is 17.9 Å². The number of para-hydroxylation sites is 1. The van der Waals surface area contributed by atoms with Gasteiger partial charge in [0.2, 0.25) is 0 Å². The predicted molar refractivity (Wildman–Crippen MR) is 71.5 cm³/mol. The highest BCUT2D eigenvalue weighted by atomic mass is 16.1. The fourth-order valence-corrected chi connectivity index (χ4v) is 2.03. The van der Waals surface area contributed by atoms with Gasteiger partial charge in [0.15, 0.2) is 5.78 Å². The van der Waals surface area contributed by atoms with Crippen LogP contribution >= 0.6 is 0 Å². The Balaban J connectivity index is 2.24. The van der Waals surface area contributed by atoms with Crippen molar-refractivity contribution < 1.29 is 4.79 Å². The molecule has 2 rings (SSSR count). The Morgan fingerprint density at radius 2 is 2.11 bits per heavy atom. The summed E-state index contributed by atoms with van der Waals surface area (Å²) >= 11 is 0. The lowest BCUT2D eigenvalue weighted by Crippen LogP contribution is -2.11. The van der Waals surface area contributed by atoms with Crippen molar-refractivity contribution in [2.75, 3.05) is 5.73 Å². The first-order chi connectivity index (χ1) is 8.61. The quantitative estimate of drug-likeness (QED) is 0.661. The van der Waals surface area contributed by atoms with E-state index in [1.807, 2.05) is 36.7 Å². The second-order valence-corrected chi connectivity index (χ2v) is 4.28. The van der Waals surface area contributed by atoms with Crippen LogP contribution in [0.2, 0.25) is 0 Å². The van der Waals surface area contributed by atoms with Gasteiger partial charge in [-0.2, -0.15) is 5.10 Å². The molecular weight excluding hydrogens is 226 g/mol. The highest BCUT2D eigenvalue weighted by Crippen LogP contribution is 2.15. The summed E-state index contributed by atoms with van der Waals surface area (Å²) in [6.45, 7) is 4.70. The molecule has 0 amide bonds. The highest BCUT2D eigenvalue weighted by Gasteiger charge is 2.13. The van der Waals surface area contributed by atoms with Gasteiger partial charge in [-0.25, -0.2) is 0 Å². The largest absolute Gasteiger partial charge is 0.398 e. The Morgan fingerprint density at radius 1 is 1.39 bits per heavy atom. The Morgan fingerprint density at radius 3 is 2.78 bits per heavy atom. The number of Topliss-reactive ketones (excluding diaryl/α,β-unsaturated/α-hetero) is 1. The van der Waals surface area contributed by atoms with Crippen molar-refractivity contribution in [1.82, 2.24) is 9.78 Å². The summed E-state index contributed by atoms with van der Waals surface area (Å²) in [7, 11) is 0. The number of rotatable bonds is 4. The molecular formula is C14H17N3O. The molecule has 2 N–H and O–H groups in total. The number of benzene rings is 1. The zero-order valence-corrected chi connectivity index (χ0v) is 10.7. The third kappa shape index (κ3) is 2.42. The number of nitrogen functional groups attached to an aromatic ring is 1. The van der Waals surface area contributed by atoms with Crippen LogP contribution in [0, 0.1) is 6.92 Å². The van der Waals surface area contributed by atoms with Crippen LogP contribution < -0.4 is 5.73 Å². The molecule has 0 radical (unpaired) electrons. The number of nitrogens with two attached hydrogens (primary N) is 1. The summed E-state index contributed by atoms with van der Waals surface area (Å²) < 4.78 is 1.85. The first-order valence-electron chi connectivity index (χ1n) is 6.03. The molecule has 94 valence electrons. The lowest BCUT2D eigenvalue weighted by Gasteiger charge is -2.06. The van der Waals surface area contributed by atoms with Gasteiger partial charge in [-0.3, -0.25) is 9.48 Å². The maximum absolute atomic E-state index is 12.2. The van der Waals surface area contributed by atoms with Gasteiger partial charge in [0, 0.05) is 23.5 Å². The van der Waals surface area contributed by atoms with Crippen molar-refractivity contribution in [2.45, 2.75) is 26.8 Å². The van der Waals surface area contributed by atoms with Crippen molar-refractivity contribution in [3.63, 3.8) is 0 Å². The summed E-state index contributed by atoms with van der Waals surface area (Å²) in [5.41, 5.74) is 8.78. The molecule has 0 spiro atoms. The van der Waals surface area contributed by atoms with Crippen LogP contribution in [0.25, 0.3) is 0 Å². The topological polar surface area (TPSA) is 60.9 Å². The average molecular weight is 243 g/mol. The van der Waals surface area contributed by atoms with E-state index in [4.69, 9.17) is 5.73 Å². The van der Waals surface area contributed by atoms with Crippen LogP contribution in [0.15, 0.2) is 30.3 Å². The summed E-state index contributed by atoms with van der Waals surface area (Å²) in [5, 5.41) is 4.33. The second kappa shape index (κ2) is 5.04. The van der Waals surface area contributed by atoms with E-state index in [-0.39, 0.29) is 5.78 Å². The normalized spacial score (nSPS) is 10.6. The standard InChI is InChI=1S/C14H17N3O/c1-3-17-11(8-10(2)16-17)9-14(18)12-6-4-5-7-13(12)15/h4-8H,3,9,15H2,1-2H3. The van der Waals surface area contributed by atoms with Crippen LogP contribution in [0.1, 0.15) is 28.7 Å². The summed E-state index contributed by atoms with van der Waals surface area (Å²) in [4.78, 5) is 12.2. The van der Waals surface area contributed by atoms with Gasteiger partial charge in [0.25, 0.3) is 0 Å². The first kappa shape index (κ1) is 12.4. The monoisotopic (exact) mass is 243 g/mol. The minimum atomic E-state index is 0.0303. The fraction of sp³-hybridized carbons (Fsp3) is 0.286. The van der Waals surface area contributed by atoms with Crippen molar-refractivity contribution in [2.24, 2.45) is 0 Å². The number of carbonyl (C=O) groups is 1. The molecule has 0 aliphatic rings.